The summed E-state index contributed by atoms with van der Waals surface area (Å²) < 4.78 is 28.9. The third kappa shape index (κ3) is 4.57. The van der Waals surface area contributed by atoms with Crippen molar-refractivity contribution in [2.75, 3.05) is 38.5 Å². The second-order valence-corrected chi connectivity index (χ2v) is 9.06. The van der Waals surface area contributed by atoms with Crippen LogP contribution >= 0.6 is 0 Å². The maximum absolute atomic E-state index is 12.9. The summed E-state index contributed by atoms with van der Waals surface area (Å²) in [6.07, 6.45) is 2.62. The molecule has 10 nitrogen and oxygen atoms in total. The van der Waals surface area contributed by atoms with Gasteiger partial charge < -0.3 is 10.2 Å². The lowest BCUT2D eigenvalue weighted by Crippen LogP contribution is -2.47. The van der Waals surface area contributed by atoms with Crippen molar-refractivity contribution in [3.05, 3.63) is 45.8 Å². The Hall–Kier alpha value is -2.50. The molecule has 0 bridgehead atoms. The summed E-state index contributed by atoms with van der Waals surface area (Å²) in [6, 6.07) is 4.02. The van der Waals surface area contributed by atoms with Gasteiger partial charge in [0.2, 0.25) is 10.0 Å². The third-order valence-corrected chi connectivity index (χ3v) is 6.96. The van der Waals surface area contributed by atoms with Gasteiger partial charge in [0.05, 0.1) is 15.5 Å². The van der Waals surface area contributed by atoms with E-state index < -0.39 is 14.9 Å². The zero-order valence-corrected chi connectivity index (χ0v) is 17.6. The highest BCUT2D eigenvalue weighted by Gasteiger charge is 2.29. The van der Waals surface area contributed by atoms with Crippen LogP contribution in [-0.4, -0.2) is 65.6 Å². The van der Waals surface area contributed by atoms with Gasteiger partial charge >= 0.3 is 0 Å². The van der Waals surface area contributed by atoms with Crippen LogP contribution in [-0.2, 0) is 30.0 Å². The number of sulfonamides is 1. The number of rotatable bonds is 7. The molecule has 29 heavy (non-hydrogen) atoms. The molecule has 2 heterocycles. The minimum Gasteiger partial charge on any atom is -0.375 e. The highest BCUT2D eigenvalue weighted by Crippen LogP contribution is 2.30. The van der Waals surface area contributed by atoms with Crippen molar-refractivity contribution in [3.8, 4) is 0 Å². The SMILES string of the molecule is CCc1nn(C)cc1CNc1ccc(S(=O)(=O)N2CCN(C)CC2)cc1[N+](=O)[O-]. The highest BCUT2D eigenvalue weighted by molar-refractivity contribution is 7.89. The van der Waals surface area contributed by atoms with Crippen molar-refractivity contribution in [1.29, 1.82) is 0 Å². The molecule has 0 radical (unpaired) electrons. The molecular weight excluding hydrogens is 396 g/mol. The Labute approximate surface area is 170 Å². The Morgan fingerprint density at radius 2 is 1.90 bits per heavy atom. The van der Waals surface area contributed by atoms with Crippen LogP contribution in [0.15, 0.2) is 29.3 Å². The normalized spacial score (nSPS) is 16.1. The van der Waals surface area contributed by atoms with Gasteiger partial charge in [0.25, 0.3) is 5.69 Å². The first-order chi connectivity index (χ1) is 13.7. The summed E-state index contributed by atoms with van der Waals surface area (Å²) in [6.45, 7) is 4.35. The fourth-order valence-electron chi connectivity index (χ4n) is 3.37. The quantitative estimate of drug-likeness (QED) is 0.530. The van der Waals surface area contributed by atoms with Crippen molar-refractivity contribution >= 4 is 21.4 Å². The summed E-state index contributed by atoms with van der Waals surface area (Å²) in [5, 5.41) is 19.0. The number of hydrogen-bond donors (Lipinski definition) is 1. The smallest absolute Gasteiger partial charge is 0.293 e. The number of piperazine rings is 1. The van der Waals surface area contributed by atoms with E-state index in [1.165, 1.54) is 16.4 Å². The van der Waals surface area contributed by atoms with Gasteiger partial charge in [-0.25, -0.2) is 8.42 Å². The first-order valence-corrected chi connectivity index (χ1v) is 10.9. The molecule has 0 atom stereocenters. The first kappa shape index (κ1) is 21.2. The molecule has 3 rings (SSSR count). The molecule has 0 saturated carbocycles. The molecule has 1 aliphatic heterocycles. The van der Waals surface area contributed by atoms with E-state index >= 15 is 0 Å². The second kappa shape index (κ2) is 8.47. The van der Waals surface area contributed by atoms with E-state index in [1.807, 2.05) is 32.1 Å². The molecule has 0 unspecified atom stereocenters. The number of nitro groups is 1. The van der Waals surface area contributed by atoms with Crippen molar-refractivity contribution in [2.45, 2.75) is 24.8 Å². The molecule has 1 aliphatic rings. The number of benzene rings is 1. The molecule has 0 amide bonds. The maximum atomic E-state index is 12.9. The lowest BCUT2D eigenvalue weighted by Gasteiger charge is -2.31. The van der Waals surface area contributed by atoms with E-state index in [9.17, 15) is 18.5 Å². The maximum Gasteiger partial charge on any atom is 0.293 e. The number of hydrogen-bond acceptors (Lipinski definition) is 7. The number of nitrogens with one attached hydrogen (secondary N) is 1. The molecule has 1 N–H and O–H groups in total. The highest BCUT2D eigenvalue weighted by atomic mass is 32.2. The number of nitro benzene ring substituents is 1. The largest absolute Gasteiger partial charge is 0.375 e. The molecule has 1 aromatic heterocycles. The molecular formula is C18H26N6O4S. The van der Waals surface area contributed by atoms with Gasteiger partial charge in [0.1, 0.15) is 5.69 Å². The molecule has 158 valence electrons. The van der Waals surface area contributed by atoms with Gasteiger partial charge in [0.15, 0.2) is 0 Å². The van der Waals surface area contributed by atoms with Gasteiger partial charge in [-0.1, -0.05) is 6.92 Å². The number of aromatic nitrogens is 2. The monoisotopic (exact) mass is 422 g/mol. The molecule has 0 spiro atoms. The molecule has 11 heteroatoms. The topological polar surface area (TPSA) is 114 Å². The average Bonchev–Trinajstić information content (AvgIpc) is 3.06. The predicted molar refractivity (Wildman–Crippen MR) is 109 cm³/mol. The van der Waals surface area contributed by atoms with Gasteiger partial charge in [-0.3, -0.25) is 14.8 Å². The molecule has 0 aliphatic carbocycles. The van der Waals surface area contributed by atoms with Crippen LogP contribution in [0.5, 0.6) is 0 Å². The zero-order chi connectivity index (χ0) is 21.2. The second-order valence-electron chi connectivity index (χ2n) is 7.13. The standard InChI is InChI=1S/C18H26N6O4S/c1-4-16-14(13-22(3)20-16)12-19-17-6-5-15(11-18(17)24(25)26)29(27,28)23-9-7-21(2)8-10-23/h5-6,11,13,19H,4,7-10,12H2,1-3H3. The number of likely N-dealkylation sites (N-methyl/N-ethyl adjacent to an activating group) is 1. The third-order valence-electron chi connectivity index (χ3n) is 5.06. The molecule has 1 aromatic carbocycles. The minimum absolute atomic E-state index is 0.0603. The number of anilines is 1. The van der Waals surface area contributed by atoms with Gasteiger partial charge in [-0.15, -0.1) is 0 Å². The van der Waals surface area contributed by atoms with E-state index in [4.69, 9.17) is 0 Å². The fourth-order valence-corrected chi connectivity index (χ4v) is 4.81. The van der Waals surface area contributed by atoms with Gasteiger partial charge in [-0.05, 0) is 25.6 Å². The average molecular weight is 423 g/mol. The summed E-state index contributed by atoms with van der Waals surface area (Å²) >= 11 is 0. The van der Waals surface area contributed by atoms with Crippen molar-refractivity contribution < 1.29 is 13.3 Å². The molecule has 2 aromatic rings. The molecule has 1 fully saturated rings. The van der Waals surface area contributed by atoms with Crippen LogP contribution in [0.3, 0.4) is 0 Å². The lowest BCUT2D eigenvalue weighted by atomic mass is 10.2. The summed E-state index contributed by atoms with van der Waals surface area (Å²) in [7, 11) is -0.0170. The van der Waals surface area contributed by atoms with Gasteiger partial charge in [-0.2, -0.15) is 9.40 Å². The number of nitrogens with zero attached hydrogens (tertiary/aromatic N) is 5. The van der Waals surface area contributed by atoms with E-state index in [-0.39, 0.29) is 16.3 Å². The fraction of sp³-hybridized carbons (Fsp3) is 0.500. The number of aryl methyl sites for hydroxylation is 2. The van der Waals surface area contributed by atoms with Crippen LogP contribution in [0.2, 0.25) is 0 Å². The zero-order valence-electron chi connectivity index (χ0n) is 16.8. The van der Waals surface area contributed by atoms with E-state index in [0.29, 0.717) is 32.7 Å². The van der Waals surface area contributed by atoms with Crippen LogP contribution in [0.25, 0.3) is 0 Å². The van der Waals surface area contributed by atoms with E-state index in [1.54, 1.807) is 4.68 Å². The van der Waals surface area contributed by atoms with Crippen LogP contribution in [0.4, 0.5) is 11.4 Å². The van der Waals surface area contributed by atoms with Crippen molar-refractivity contribution in [1.82, 2.24) is 19.0 Å². The Kier molecular flexibility index (Phi) is 6.20. The van der Waals surface area contributed by atoms with Crippen LogP contribution in [0.1, 0.15) is 18.2 Å². The Balaban J connectivity index is 1.84. The summed E-state index contributed by atoms with van der Waals surface area (Å²) in [5.74, 6) is 0. The summed E-state index contributed by atoms with van der Waals surface area (Å²) in [4.78, 5) is 13.0. The van der Waals surface area contributed by atoms with Crippen molar-refractivity contribution in [3.63, 3.8) is 0 Å². The van der Waals surface area contributed by atoms with Crippen LogP contribution < -0.4 is 5.32 Å². The van der Waals surface area contributed by atoms with Gasteiger partial charge in [0, 0.05) is 57.6 Å². The summed E-state index contributed by atoms with van der Waals surface area (Å²) in [5.41, 5.74) is 1.87. The van der Waals surface area contributed by atoms with E-state index in [2.05, 4.69) is 10.4 Å². The lowest BCUT2D eigenvalue weighted by molar-refractivity contribution is -0.384. The first-order valence-electron chi connectivity index (χ1n) is 9.44. The Morgan fingerprint density at radius 3 is 2.52 bits per heavy atom. The molecule has 1 saturated heterocycles. The minimum atomic E-state index is -3.77. The van der Waals surface area contributed by atoms with Crippen molar-refractivity contribution in [2.24, 2.45) is 7.05 Å². The predicted octanol–water partition coefficient (Wildman–Crippen LogP) is 1.44. The Morgan fingerprint density at radius 1 is 1.21 bits per heavy atom. The Bertz CT molecular complexity index is 996. The van der Waals surface area contributed by atoms with Crippen LogP contribution in [0, 0.1) is 10.1 Å². The van der Waals surface area contributed by atoms with E-state index in [0.717, 1.165) is 23.7 Å².